The van der Waals surface area contributed by atoms with Crippen molar-refractivity contribution in [1.82, 2.24) is 10.6 Å². The monoisotopic (exact) mass is 264 g/mol. The first kappa shape index (κ1) is 13.2. The number of phenolic OH excluding ortho intramolecular Hbond substituents is 2. The van der Waals surface area contributed by atoms with Crippen molar-refractivity contribution in [3.63, 3.8) is 0 Å². The average molecular weight is 264 g/mol. The van der Waals surface area contributed by atoms with Crippen LogP contribution in [0.15, 0.2) is 18.2 Å². The van der Waals surface area contributed by atoms with E-state index >= 15 is 0 Å². The van der Waals surface area contributed by atoms with Crippen LogP contribution in [0.3, 0.4) is 0 Å². The van der Waals surface area contributed by atoms with Gasteiger partial charge in [0.1, 0.15) is 0 Å². The van der Waals surface area contributed by atoms with Crippen LogP contribution in [0.1, 0.15) is 23.2 Å². The van der Waals surface area contributed by atoms with Crippen LogP contribution >= 0.6 is 0 Å². The standard InChI is InChI=1S/C13H16N2O4/c16-10-3-1-2-9(11(10)17)13(19)15-7-6-14-12(18)8-4-5-8/h1-3,8,16-17H,4-7H2,(H,14,18)(H,15,19). The van der Waals surface area contributed by atoms with E-state index in [-0.39, 0.29) is 29.7 Å². The van der Waals surface area contributed by atoms with Crippen molar-refractivity contribution in [1.29, 1.82) is 0 Å². The van der Waals surface area contributed by atoms with Crippen LogP contribution in [0.25, 0.3) is 0 Å². The summed E-state index contributed by atoms with van der Waals surface area (Å²) in [7, 11) is 0. The predicted molar refractivity (Wildman–Crippen MR) is 67.8 cm³/mol. The molecule has 0 radical (unpaired) electrons. The first-order valence-corrected chi connectivity index (χ1v) is 6.16. The Labute approximate surface area is 110 Å². The van der Waals surface area contributed by atoms with Gasteiger partial charge >= 0.3 is 0 Å². The summed E-state index contributed by atoms with van der Waals surface area (Å²) in [6.07, 6.45) is 1.88. The molecular weight excluding hydrogens is 248 g/mol. The summed E-state index contributed by atoms with van der Waals surface area (Å²) in [6.45, 7) is 0.618. The highest BCUT2D eigenvalue weighted by Gasteiger charge is 2.29. The van der Waals surface area contributed by atoms with Gasteiger partial charge in [-0.3, -0.25) is 9.59 Å². The summed E-state index contributed by atoms with van der Waals surface area (Å²) in [5, 5.41) is 24.1. The van der Waals surface area contributed by atoms with Gasteiger partial charge in [0.05, 0.1) is 5.56 Å². The van der Waals surface area contributed by atoms with Crippen LogP contribution in [-0.2, 0) is 4.79 Å². The fourth-order valence-electron chi connectivity index (χ4n) is 1.66. The highest BCUT2D eigenvalue weighted by atomic mass is 16.3. The molecule has 4 N–H and O–H groups in total. The molecule has 1 fully saturated rings. The number of phenols is 2. The van der Waals surface area contributed by atoms with Crippen LogP contribution in [0.5, 0.6) is 11.5 Å². The second-order valence-corrected chi connectivity index (χ2v) is 4.49. The first-order valence-electron chi connectivity index (χ1n) is 6.16. The Bertz CT molecular complexity index is 497. The van der Waals surface area contributed by atoms with Crippen LogP contribution in [-0.4, -0.2) is 35.1 Å². The van der Waals surface area contributed by atoms with E-state index in [9.17, 15) is 19.8 Å². The van der Waals surface area contributed by atoms with Crippen molar-refractivity contribution >= 4 is 11.8 Å². The molecule has 2 amide bonds. The zero-order chi connectivity index (χ0) is 13.8. The Kier molecular flexibility index (Phi) is 3.89. The van der Waals surface area contributed by atoms with E-state index < -0.39 is 11.7 Å². The van der Waals surface area contributed by atoms with E-state index in [1.807, 2.05) is 0 Å². The molecule has 1 aliphatic carbocycles. The fourth-order valence-corrected chi connectivity index (χ4v) is 1.66. The normalized spacial score (nSPS) is 13.9. The maximum absolute atomic E-state index is 11.7. The largest absolute Gasteiger partial charge is 0.504 e. The molecule has 0 aromatic heterocycles. The van der Waals surface area contributed by atoms with E-state index in [0.29, 0.717) is 6.54 Å². The molecule has 1 aromatic carbocycles. The molecule has 6 nitrogen and oxygen atoms in total. The number of hydrogen-bond acceptors (Lipinski definition) is 4. The van der Waals surface area contributed by atoms with E-state index in [4.69, 9.17) is 0 Å². The minimum atomic E-state index is -0.492. The van der Waals surface area contributed by atoms with Crippen LogP contribution in [0.4, 0.5) is 0 Å². The number of carbonyl (C=O) groups is 2. The number of amides is 2. The molecule has 0 atom stereocenters. The van der Waals surface area contributed by atoms with E-state index in [0.717, 1.165) is 12.8 Å². The molecule has 0 saturated heterocycles. The summed E-state index contributed by atoms with van der Waals surface area (Å²) >= 11 is 0. The maximum atomic E-state index is 11.7. The van der Waals surface area contributed by atoms with Gasteiger partial charge in [-0.2, -0.15) is 0 Å². The van der Waals surface area contributed by atoms with Crippen LogP contribution in [0, 0.1) is 5.92 Å². The zero-order valence-electron chi connectivity index (χ0n) is 10.3. The number of nitrogens with one attached hydrogen (secondary N) is 2. The zero-order valence-corrected chi connectivity index (χ0v) is 10.3. The third kappa shape index (κ3) is 3.37. The quantitative estimate of drug-likeness (QED) is 0.455. The Hall–Kier alpha value is -2.24. The van der Waals surface area contributed by atoms with E-state index in [1.54, 1.807) is 0 Å². The van der Waals surface area contributed by atoms with E-state index in [2.05, 4.69) is 10.6 Å². The van der Waals surface area contributed by atoms with Gasteiger partial charge < -0.3 is 20.8 Å². The van der Waals surface area contributed by atoms with Crippen molar-refractivity contribution in [3.05, 3.63) is 23.8 Å². The molecular formula is C13H16N2O4. The third-order valence-corrected chi connectivity index (χ3v) is 2.92. The Morgan fingerprint density at radius 1 is 1.16 bits per heavy atom. The minimum absolute atomic E-state index is 0.00789. The minimum Gasteiger partial charge on any atom is -0.504 e. The van der Waals surface area contributed by atoms with Crippen molar-refractivity contribution in [3.8, 4) is 11.5 Å². The van der Waals surface area contributed by atoms with Gasteiger partial charge in [-0.05, 0) is 25.0 Å². The molecule has 6 heteroatoms. The Morgan fingerprint density at radius 2 is 1.84 bits per heavy atom. The summed E-state index contributed by atoms with van der Waals surface area (Å²) in [5.41, 5.74) is 0.00789. The lowest BCUT2D eigenvalue weighted by molar-refractivity contribution is -0.122. The highest BCUT2D eigenvalue weighted by Crippen LogP contribution is 2.29. The molecule has 1 saturated carbocycles. The molecule has 1 aromatic rings. The Balaban J connectivity index is 1.77. The number of hydrogen-bond donors (Lipinski definition) is 4. The third-order valence-electron chi connectivity index (χ3n) is 2.92. The lowest BCUT2D eigenvalue weighted by Gasteiger charge is -2.08. The summed E-state index contributed by atoms with van der Waals surface area (Å²) in [4.78, 5) is 23.0. The lowest BCUT2D eigenvalue weighted by Crippen LogP contribution is -2.35. The molecule has 102 valence electrons. The van der Waals surface area contributed by atoms with Crippen molar-refractivity contribution in [2.75, 3.05) is 13.1 Å². The first-order chi connectivity index (χ1) is 9.09. The number of carbonyl (C=O) groups excluding carboxylic acids is 2. The second kappa shape index (κ2) is 5.60. The number of rotatable bonds is 5. The fraction of sp³-hybridized carbons (Fsp3) is 0.385. The average Bonchev–Trinajstić information content (AvgIpc) is 3.21. The van der Waals surface area contributed by atoms with Crippen molar-refractivity contribution < 1.29 is 19.8 Å². The van der Waals surface area contributed by atoms with E-state index in [1.165, 1.54) is 18.2 Å². The van der Waals surface area contributed by atoms with Gasteiger partial charge in [-0.25, -0.2) is 0 Å². The summed E-state index contributed by atoms with van der Waals surface area (Å²) < 4.78 is 0. The smallest absolute Gasteiger partial charge is 0.255 e. The predicted octanol–water partition coefficient (Wildman–Crippen LogP) is 0.354. The molecule has 2 rings (SSSR count). The summed E-state index contributed by atoms with van der Waals surface area (Å²) in [6, 6.07) is 4.17. The highest BCUT2D eigenvalue weighted by molar-refractivity contribution is 5.97. The topological polar surface area (TPSA) is 98.7 Å². The lowest BCUT2D eigenvalue weighted by atomic mass is 10.1. The summed E-state index contributed by atoms with van der Waals surface area (Å²) in [5.74, 6) is -1.11. The second-order valence-electron chi connectivity index (χ2n) is 4.49. The maximum Gasteiger partial charge on any atom is 0.255 e. The van der Waals surface area contributed by atoms with Crippen LogP contribution < -0.4 is 10.6 Å². The number of para-hydroxylation sites is 1. The molecule has 0 heterocycles. The van der Waals surface area contributed by atoms with Crippen LogP contribution in [0.2, 0.25) is 0 Å². The Morgan fingerprint density at radius 3 is 2.53 bits per heavy atom. The van der Waals surface area contributed by atoms with Gasteiger partial charge in [-0.15, -0.1) is 0 Å². The SMILES string of the molecule is O=C(NCCNC(=O)C1CC1)c1cccc(O)c1O. The molecule has 0 aliphatic heterocycles. The van der Waals surface area contributed by atoms with Gasteiger partial charge in [0.15, 0.2) is 11.5 Å². The molecule has 19 heavy (non-hydrogen) atoms. The van der Waals surface area contributed by atoms with Crippen molar-refractivity contribution in [2.24, 2.45) is 5.92 Å². The van der Waals surface area contributed by atoms with Gasteiger partial charge in [0.25, 0.3) is 5.91 Å². The van der Waals surface area contributed by atoms with Crippen molar-refractivity contribution in [2.45, 2.75) is 12.8 Å². The molecule has 0 spiro atoms. The number of benzene rings is 1. The molecule has 0 bridgehead atoms. The molecule has 1 aliphatic rings. The van der Waals surface area contributed by atoms with Gasteiger partial charge in [0, 0.05) is 19.0 Å². The number of aromatic hydroxyl groups is 2. The molecule has 0 unspecified atom stereocenters. The van der Waals surface area contributed by atoms with Gasteiger partial charge in [0.2, 0.25) is 5.91 Å². The van der Waals surface area contributed by atoms with Gasteiger partial charge in [-0.1, -0.05) is 6.07 Å².